The number of ketones is 1. The summed E-state index contributed by atoms with van der Waals surface area (Å²) < 4.78 is 0. The van der Waals surface area contributed by atoms with Crippen LogP contribution in [-0.4, -0.2) is 29.8 Å². The van der Waals surface area contributed by atoms with E-state index in [0.29, 0.717) is 5.78 Å². The number of hydrogen-bond donors (Lipinski definition) is 0. The number of hydrogen-bond acceptors (Lipinski definition) is 2. The van der Waals surface area contributed by atoms with Crippen LogP contribution in [-0.2, 0) is 0 Å². The maximum Gasteiger partial charge on any atom is 0.167 e. The van der Waals surface area contributed by atoms with Crippen molar-refractivity contribution < 1.29 is 4.79 Å². The van der Waals surface area contributed by atoms with Gasteiger partial charge in [0.2, 0.25) is 0 Å². The van der Waals surface area contributed by atoms with Crippen LogP contribution in [0.2, 0.25) is 0 Å². The lowest BCUT2D eigenvalue weighted by atomic mass is 9.84. The van der Waals surface area contributed by atoms with E-state index >= 15 is 0 Å². The minimum Gasteiger partial charge on any atom is -0.300 e. The number of piperidine rings is 1. The first-order chi connectivity index (χ1) is 10.8. The van der Waals surface area contributed by atoms with E-state index in [9.17, 15) is 4.79 Å². The number of Topliss-reactive ketones (excluding diaryl/α,β-unsaturated/α-hetero) is 1. The van der Waals surface area contributed by atoms with E-state index in [1.54, 1.807) is 0 Å². The molecule has 2 aliphatic rings. The Balaban J connectivity index is 1.59. The quantitative estimate of drug-likeness (QED) is 0.787. The van der Waals surface area contributed by atoms with Crippen LogP contribution >= 0.6 is 0 Å². The van der Waals surface area contributed by atoms with Crippen molar-refractivity contribution in [3.05, 3.63) is 48.0 Å². The second kappa shape index (κ2) is 5.85. The third-order valence-corrected chi connectivity index (χ3v) is 5.47. The average Bonchev–Trinajstić information content (AvgIpc) is 2.52. The summed E-state index contributed by atoms with van der Waals surface area (Å²) in [7, 11) is 0. The van der Waals surface area contributed by atoms with Crippen LogP contribution in [0.15, 0.2) is 42.5 Å². The summed E-state index contributed by atoms with van der Waals surface area (Å²) in [5.74, 6) is 0.529. The first kappa shape index (κ1) is 14.0. The van der Waals surface area contributed by atoms with Crippen molar-refractivity contribution in [3.8, 4) is 0 Å². The molecule has 0 N–H and O–H groups in total. The summed E-state index contributed by atoms with van der Waals surface area (Å²) in [5, 5.41) is 2.27. The number of rotatable bonds is 3. The molecule has 2 aromatic carbocycles. The highest BCUT2D eigenvalue weighted by Crippen LogP contribution is 2.31. The van der Waals surface area contributed by atoms with Gasteiger partial charge in [0, 0.05) is 24.1 Å². The van der Waals surface area contributed by atoms with Gasteiger partial charge < -0.3 is 0 Å². The summed E-state index contributed by atoms with van der Waals surface area (Å²) >= 11 is 0. The predicted octanol–water partition coefficient (Wildman–Crippen LogP) is 4.29. The average molecular weight is 293 g/mol. The Morgan fingerprint density at radius 3 is 2.59 bits per heavy atom. The van der Waals surface area contributed by atoms with Gasteiger partial charge in [-0.15, -0.1) is 0 Å². The molecule has 1 aliphatic carbocycles. The van der Waals surface area contributed by atoms with E-state index < -0.39 is 0 Å². The number of carbonyl (C=O) groups excluding carboxylic acids is 1. The highest BCUT2D eigenvalue weighted by atomic mass is 16.1. The molecular weight excluding hydrogens is 270 g/mol. The molecule has 1 heterocycles. The van der Waals surface area contributed by atoms with Crippen LogP contribution in [0.4, 0.5) is 0 Å². The van der Waals surface area contributed by atoms with E-state index in [0.717, 1.165) is 36.4 Å². The Hall–Kier alpha value is -1.67. The highest BCUT2D eigenvalue weighted by Gasteiger charge is 2.32. The maximum absolute atomic E-state index is 13.1. The zero-order valence-electron chi connectivity index (χ0n) is 13.0. The summed E-state index contributed by atoms with van der Waals surface area (Å²) in [4.78, 5) is 15.6. The Bertz CT molecular complexity index is 684. The lowest BCUT2D eigenvalue weighted by Gasteiger charge is -2.42. The predicted molar refractivity (Wildman–Crippen MR) is 90.2 cm³/mol. The molecule has 1 saturated heterocycles. The fourth-order valence-electron chi connectivity index (χ4n) is 3.96. The standard InChI is InChI=1S/C20H23NO/c22-20(16-8-5-13-21(14-16)17-9-4-10-17)19-12-3-7-15-6-1-2-11-18(15)19/h1-3,6-7,11-12,16-17H,4-5,8-10,13-14H2/t16-/m1/s1. The molecule has 0 unspecified atom stereocenters. The van der Waals surface area contributed by atoms with Crippen molar-refractivity contribution in [3.63, 3.8) is 0 Å². The minimum atomic E-state index is 0.181. The van der Waals surface area contributed by atoms with Gasteiger partial charge in [0.1, 0.15) is 0 Å². The van der Waals surface area contributed by atoms with Gasteiger partial charge in [0.15, 0.2) is 5.78 Å². The van der Waals surface area contributed by atoms with Crippen molar-refractivity contribution in [2.24, 2.45) is 5.92 Å². The normalized spacial score (nSPS) is 23.4. The second-order valence-corrected chi connectivity index (χ2v) is 6.81. The number of benzene rings is 2. The maximum atomic E-state index is 13.1. The van der Waals surface area contributed by atoms with E-state index in [4.69, 9.17) is 0 Å². The Kier molecular flexibility index (Phi) is 3.71. The van der Waals surface area contributed by atoms with E-state index in [-0.39, 0.29) is 5.92 Å². The molecule has 1 saturated carbocycles. The molecule has 1 atom stereocenters. The van der Waals surface area contributed by atoms with Crippen molar-refractivity contribution in [1.82, 2.24) is 4.90 Å². The van der Waals surface area contributed by atoms with Gasteiger partial charge >= 0.3 is 0 Å². The van der Waals surface area contributed by atoms with Crippen LogP contribution in [0, 0.1) is 5.92 Å². The van der Waals surface area contributed by atoms with Gasteiger partial charge in [0.05, 0.1) is 0 Å². The first-order valence-electron chi connectivity index (χ1n) is 8.59. The minimum absolute atomic E-state index is 0.181. The third kappa shape index (κ3) is 2.46. The molecule has 1 aliphatic heterocycles. The number of likely N-dealkylation sites (tertiary alicyclic amines) is 1. The van der Waals surface area contributed by atoms with Crippen molar-refractivity contribution in [2.75, 3.05) is 13.1 Å². The summed E-state index contributed by atoms with van der Waals surface area (Å²) in [5.41, 5.74) is 0.915. The van der Waals surface area contributed by atoms with Crippen molar-refractivity contribution in [1.29, 1.82) is 0 Å². The van der Waals surface area contributed by atoms with Gasteiger partial charge in [-0.25, -0.2) is 0 Å². The third-order valence-electron chi connectivity index (χ3n) is 5.47. The molecule has 0 amide bonds. The fraction of sp³-hybridized carbons (Fsp3) is 0.450. The topological polar surface area (TPSA) is 20.3 Å². The molecule has 2 fully saturated rings. The summed E-state index contributed by atoms with van der Waals surface area (Å²) in [6.45, 7) is 2.15. The first-order valence-corrected chi connectivity index (χ1v) is 8.59. The molecule has 0 aromatic heterocycles. The van der Waals surface area contributed by atoms with E-state index in [2.05, 4.69) is 23.1 Å². The van der Waals surface area contributed by atoms with Gasteiger partial charge in [-0.1, -0.05) is 48.9 Å². The summed E-state index contributed by atoms with van der Waals surface area (Å²) in [6.07, 6.45) is 6.23. The second-order valence-electron chi connectivity index (χ2n) is 6.81. The lowest BCUT2D eigenvalue weighted by Crippen LogP contribution is -2.47. The van der Waals surface area contributed by atoms with E-state index in [1.165, 1.54) is 31.2 Å². The molecule has 114 valence electrons. The SMILES string of the molecule is O=C(c1cccc2ccccc12)[C@@H]1CCCN(C2CCC2)C1. The van der Waals surface area contributed by atoms with Crippen LogP contribution in [0.1, 0.15) is 42.5 Å². The van der Waals surface area contributed by atoms with Crippen LogP contribution in [0.3, 0.4) is 0 Å². The zero-order valence-corrected chi connectivity index (χ0v) is 13.0. The highest BCUT2D eigenvalue weighted by molar-refractivity contribution is 6.09. The van der Waals surface area contributed by atoms with Crippen LogP contribution in [0.5, 0.6) is 0 Å². The number of nitrogens with zero attached hydrogens (tertiary/aromatic N) is 1. The van der Waals surface area contributed by atoms with Crippen molar-refractivity contribution >= 4 is 16.6 Å². The zero-order chi connectivity index (χ0) is 14.9. The molecule has 22 heavy (non-hydrogen) atoms. The Labute approximate surface area is 132 Å². The molecule has 0 radical (unpaired) electrons. The van der Waals surface area contributed by atoms with Crippen LogP contribution < -0.4 is 0 Å². The molecule has 0 spiro atoms. The molecule has 4 rings (SSSR count). The molecule has 2 heteroatoms. The molecule has 2 nitrogen and oxygen atoms in total. The molecule has 0 bridgehead atoms. The van der Waals surface area contributed by atoms with Crippen LogP contribution in [0.25, 0.3) is 10.8 Å². The number of fused-ring (bicyclic) bond motifs is 1. The largest absolute Gasteiger partial charge is 0.300 e. The van der Waals surface area contributed by atoms with Gasteiger partial charge in [-0.3, -0.25) is 9.69 Å². The number of carbonyl (C=O) groups is 1. The van der Waals surface area contributed by atoms with Crippen molar-refractivity contribution in [2.45, 2.75) is 38.1 Å². The summed E-state index contributed by atoms with van der Waals surface area (Å²) in [6, 6.07) is 15.1. The lowest BCUT2D eigenvalue weighted by molar-refractivity contribution is 0.0613. The molecule has 2 aromatic rings. The smallest absolute Gasteiger partial charge is 0.167 e. The van der Waals surface area contributed by atoms with Gasteiger partial charge in [-0.05, 0) is 43.0 Å². The van der Waals surface area contributed by atoms with E-state index in [1.807, 2.05) is 24.3 Å². The molecular formula is C20H23NO. The Morgan fingerprint density at radius 2 is 1.77 bits per heavy atom. The van der Waals surface area contributed by atoms with Gasteiger partial charge in [-0.2, -0.15) is 0 Å². The monoisotopic (exact) mass is 293 g/mol. The Morgan fingerprint density at radius 1 is 0.955 bits per heavy atom. The van der Waals surface area contributed by atoms with Gasteiger partial charge in [0.25, 0.3) is 0 Å². The fourth-order valence-corrected chi connectivity index (χ4v) is 3.96.